The maximum absolute atomic E-state index is 14.9. The molecule has 3 aromatic rings. The Labute approximate surface area is 195 Å². The van der Waals surface area contributed by atoms with Gasteiger partial charge in [-0.1, -0.05) is 36.4 Å². The average molecular weight is 443 g/mol. The standard InChI is InChI=1S/C29H31FN2O/c30-27-4-2-1-3-25(27)26-11-7-21-17-23(33)10-12-24(21)28(26)20-5-8-22(9-6-20)32-15-13-29(14-16-32)18-31-19-29/h1-6,8-10,12,17,26,28,31,33H,7,11,13-16,18-19H2/t26-,28-/m0/s1. The summed E-state index contributed by atoms with van der Waals surface area (Å²) in [7, 11) is 0. The molecule has 33 heavy (non-hydrogen) atoms. The molecule has 2 saturated heterocycles. The number of piperidine rings is 1. The molecule has 6 rings (SSSR count). The van der Waals surface area contributed by atoms with Gasteiger partial charge >= 0.3 is 0 Å². The number of benzene rings is 3. The minimum absolute atomic E-state index is 0.0750. The Balaban J connectivity index is 1.32. The summed E-state index contributed by atoms with van der Waals surface area (Å²) >= 11 is 0. The monoisotopic (exact) mass is 442 g/mol. The van der Waals surface area contributed by atoms with Gasteiger partial charge in [0.2, 0.25) is 0 Å². The van der Waals surface area contributed by atoms with E-state index < -0.39 is 0 Å². The van der Waals surface area contributed by atoms with Gasteiger partial charge in [0.25, 0.3) is 0 Å². The molecule has 2 fully saturated rings. The van der Waals surface area contributed by atoms with Crippen molar-refractivity contribution in [2.24, 2.45) is 5.41 Å². The minimum atomic E-state index is -0.126. The highest BCUT2D eigenvalue weighted by molar-refractivity contribution is 5.53. The predicted octanol–water partition coefficient (Wildman–Crippen LogP) is 5.58. The number of nitrogens with zero attached hydrogens (tertiary/aromatic N) is 1. The summed E-state index contributed by atoms with van der Waals surface area (Å²) in [5.41, 5.74) is 6.21. The molecule has 0 radical (unpaired) electrons. The number of hydrogen-bond acceptors (Lipinski definition) is 3. The summed E-state index contributed by atoms with van der Waals surface area (Å²) in [6.07, 6.45) is 4.24. The Morgan fingerprint density at radius 1 is 0.909 bits per heavy atom. The number of nitrogens with one attached hydrogen (secondary N) is 1. The van der Waals surface area contributed by atoms with Crippen molar-refractivity contribution in [1.82, 2.24) is 5.32 Å². The summed E-state index contributed by atoms with van der Waals surface area (Å²) in [5, 5.41) is 13.5. The van der Waals surface area contributed by atoms with Crippen LogP contribution in [-0.4, -0.2) is 31.3 Å². The molecule has 2 N–H and O–H groups in total. The van der Waals surface area contributed by atoms with Gasteiger partial charge in [-0.25, -0.2) is 4.39 Å². The fourth-order valence-electron chi connectivity index (χ4n) is 6.29. The fraction of sp³-hybridized carbons (Fsp3) is 0.379. The largest absolute Gasteiger partial charge is 0.508 e. The number of aryl methyl sites for hydroxylation is 1. The lowest BCUT2D eigenvalue weighted by atomic mass is 9.69. The molecule has 1 spiro atoms. The molecule has 1 aliphatic carbocycles. The molecule has 3 aromatic carbocycles. The van der Waals surface area contributed by atoms with Crippen molar-refractivity contribution < 1.29 is 9.50 Å². The van der Waals surface area contributed by atoms with Crippen LogP contribution in [0.4, 0.5) is 10.1 Å². The zero-order valence-electron chi connectivity index (χ0n) is 18.9. The van der Waals surface area contributed by atoms with E-state index in [0.717, 1.165) is 31.5 Å². The van der Waals surface area contributed by atoms with Gasteiger partial charge in [0.1, 0.15) is 11.6 Å². The van der Waals surface area contributed by atoms with Crippen LogP contribution in [0.3, 0.4) is 0 Å². The highest BCUT2D eigenvalue weighted by Crippen LogP contribution is 2.48. The molecule has 2 heterocycles. The maximum Gasteiger partial charge on any atom is 0.126 e. The molecule has 4 heteroatoms. The quantitative estimate of drug-likeness (QED) is 0.556. The number of phenolic OH excluding ortho intramolecular Hbond substituents is 1. The third-order valence-corrected chi connectivity index (χ3v) is 8.33. The first-order valence-corrected chi connectivity index (χ1v) is 12.2. The Bertz CT molecular complexity index is 1140. The fourth-order valence-corrected chi connectivity index (χ4v) is 6.29. The van der Waals surface area contributed by atoms with E-state index in [0.29, 0.717) is 11.2 Å². The van der Waals surface area contributed by atoms with Crippen molar-refractivity contribution in [3.05, 3.63) is 94.8 Å². The number of anilines is 1. The lowest BCUT2D eigenvalue weighted by Crippen LogP contribution is -2.58. The Hall–Kier alpha value is -2.85. The van der Waals surface area contributed by atoms with Gasteiger partial charge in [0.05, 0.1) is 0 Å². The highest BCUT2D eigenvalue weighted by atomic mass is 19.1. The van der Waals surface area contributed by atoms with Crippen LogP contribution in [0.5, 0.6) is 5.75 Å². The second-order valence-electron chi connectivity index (χ2n) is 10.2. The van der Waals surface area contributed by atoms with Gasteiger partial charge in [-0.15, -0.1) is 0 Å². The highest BCUT2D eigenvalue weighted by Gasteiger charge is 2.39. The van der Waals surface area contributed by atoms with E-state index in [2.05, 4.69) is 34.5 Å². The zero-order valence-corrected chi connectivity index (χ0v) is 18.9. The molecular weight excluding hydrogens is 411 g/mol. The number of halogens is 1. The van der Waals surface area contributed by atoms with Gasteiger partial charge in [-0.3, -0.25) is 0 Å². The summed E-state index contributed by atoms with van der Waals surface area (Å²) in [5.74, 6) is 0.330. The van der Waals surface area contributed by atoms with Crippen LogP contribution in [0, 0.1) is 11.2 Å². The molecule has 2 aliphatic heterocycles. The zero-order chi connectivity index (χ0) is 22.4. The van der Waals surface area contributed by atoms with Crippen LogP contribution in [0.15, 0.2) is 66.7 Å². The van der Waals surface area contributed by atoms with Crippen LogP contribution in [-0.2, 0) is 6.42 Å². The molecule has 0 unspecified atom stereocenters. The van der Waals surface area contributed by atoms with E-state index in [1.165, 1.54) is 48.3 Å². The number of aromatic hydroxyl groups is 1. The van der Waals surface area contributed by atoms with Crippen molar-refractivity contribution in [3.63, 3.8) is 0 Å². The van der Waals surface area contributed by atoms with Crippen molar-refractivity contribution in [2.75, 3.05) is 31.1 Å². The average Bonchev–Trinajstić information content (AvgIpc) is 2.83. The summed E-state index contributed by atoms with van der Waals surface area (Å²) in [6, 6.07) is 21.9. The maximum atomic E-state index is 14.9. The molecule has 3 nitrogen and oxygen atoms in total. The van der Waals surface area contributed by atoms with Gasteiger partial charge in [0.15, 0.2) is 0 Å². The van der Waals surface area contributed by atoms with Crippen molar-refractivity contribution in [1.29, 1.82) is 0 Å². The van der Waals surface area contributed by atoms with E-state index >= 15 is 0 Å². The van der Waals surface area contributed by atoms with Gasteiger partial charge in [-0.05, 0) is 89.6 Å². The molecule has 0 aromatic heterocycles. The molecule has 0 amide bonds. The lowest BCUT2D eigenvalue weighted by Gasteiger charge is -2.49. The summed E-state index contributed by atoms with van der Waals surface area (Å²) in [6.45, 7) is 4.58. The van der Waals surface area contributed by atoms with E-state index in [-0.39, 0.29) is 17.7 Å². The Morgan fingerprint density at radius 3 is 2.36 bits per heavy atom. The first-order chi connectivity index (χ1) is 16.1. The van der Waals surface area contributed by atoms with Crippen molar-refractivity contribution >= 4 is 5.69 Å². The summed E-state index contributed by atoms with van der Waals surface area (Å²) in [4.78, 5) is 2.51. The Morgan fingerprint density at radius 2 is 1.67 bits per heavy atom. The summed E-state index contributed by atoms with van der Waals surface area (Å²) < 4.78 is 14.9. The van der Waals surface area contributed by atoms with Crippen LogP contribution in [0.2, 0.25) is 0 Å². The smallest absolute Gasteiger partial charge is 0.126 e. The van der Waals surface area contributed by atoms with E-state index in [1.807, 2.05) is 24.3 Å². The van der Waals surface area contributed by atoms with Gasteiger partial charge in [-0.2, -0.15) is 0 Å². The van der Waals surface area contributed by atoms with E-state index in [4.69, 9.17) is 0 Å². The lowest BCUT2D eigenvalue weighted by molar-refractivity contribution is 0.126. The van der Waals surface area contributed by atoms with E-state index in [1.54, 1.807) is 18.2 Å². The second-order valence-corrected chi connectivity index (χ2v) is 10.2. The molecule has 0 bridgehead atoms. The third-order valence-electron chi connectivity index (χ3n) is 8.33. The first-order valence-electron chi connectivity index (χ1n) is 12.2. The van der Waals surface area contributed by atoms with Gasteiger partial charge in [0, 0.05) is 37.8 Å². The first kappa shape index (κ1) is 20.7. The molecular formula is C29H31FN2O. The topological polar surface area (TPSA) is 35.5 Å². The SMILES string of the molecule is Oc1ccc2c(c1)CC[C@@H](c1ccccc1F)[C@H]2c1ccc(N2CCC3(CC2)CNC3)cc1. The van der Waals surface area contributed by atoms with Gasteiger partial charge < -0.3 is 15.3 Å². The van der Waals surface area contributed by atoms with Crippen LogP contribution in [0.1, 0.15) is 53.4 Å². The van der Waals surface area contributed by atoms with Crippen LogP contribution >= 0.6 is 0 Å². The van der Waals surface area contributed by atoms with E-state index in [9.17, 15) is 9.50 Å². The van der Waals surface area contributed by atoms with Crippen molar-refractivity contribution in [2.45, 2.75) is 37.5 Å². The van der Waals surface area contributed by atoms with Crippen LogP contribution in [0.25, 0.3) is 0 Å². The Kier molecular flexibility index (Phi) is 5.14. The van der Waals surface area contributed by atoms with Crippen molar-refractivity contribution in [3.8, 4) is 5.75 Å². The molecule has 2 atom stereocenters. The third kappa shape index (κ3) is 3.71. The second kappa shape index (κ2) is 8.18. The number of rotatable bonds is 3. The molecule has 170 valence electrons. The molecule has 3 aliphatic rings. The minimum Gasteiger partial charge on any atom is -0.508 e. The predicted molar refractivity (Wildman–Crippen MR) is 131 cm³/mol. The number of fused-ring (bicyclic) bond motifs is 1. The molecule has 0 saturated carbocycles. The van der Waals surface area contributed by atoms with Crippen LogP contribution < -0.4 is 10.2 Å². The normalized spacial score (nSPS) is 23.7. The number of phenols is 1. The number of hydrogen-bond donors (Lipinski definition) is 2.